The number of amides is 2. The lowest BCUT2D eigenvalue weighted by Crippen LogP contribution is -2.29. The fourth-order valence-corrected chi connectivity index (χ4v) is 1.69. The number of carbonyl (C=O) groups excluding carboxylic acids is 2. The summed E-state index contributed by atoms with van der Waals surface area (Å²) in [7, 11) is 1.39. The average Bonchev–Trinajstić information content (AvgIpc) is 2.44. The van der Waals surface area contributed by atoms with Crippen LogP contribution in [0.1, 0.15) is 31.2 Å². The van der Waals surface area contributed by atoms with Crippen LogP contribution in [-0.2, 0) is 9.53 Å². The molecule has 0 aliphatic heterocycles. The Kier molecular flexibility index (Phi) is 7.17. The van der Waals surface area contributed by atoms with Crippen molar-refractivity contribution >= 4 is 17.7 Å². The van der Waals surface area contributed by atoms with E-state index in [1.165, 1.54) is 7.11 Å². The van der Waals surface area contributed by atoms with E-state index in [0.717, 1.165) is 30.5 Å². The summed E-state index contributed by atoms with van der Waals surface area (Å²) in [5.41, 5.74) is 1.93. The number of hydrogen-bond acceptors (Lipinski definition) is 3. The molecular weight excluding hydrogens is 256 g/mol. The Balaban J connectivity index is 2.08. The quantitative estimate of drug-likeness (QED) is 0.595. The maximum atomic E-state index is 11.6. The Morgan fingerprint density at radius 1 is 1.10 bits per heavy atom. The molecule has 110 valence electrons. The van der Waals surface area contributed by atoms with Gasteiger partial charge in [0, 0.05) is 18.7 Å². The molecule has 0 aliphatic carbocycles. The first-order valence-corrected chi connectivity index (χ1v) is 6.80. The fraction of sp³-hybridized carbons (Fsp3) is 0.467. The van der Waals surface area contributed by atoms with E-state index in [-0.39, 0.29) is 12.0 Å². The molecule has 1 rings (SSSR count). The third-order valence-corrected chi connectivity index (χ3v) is 2.88. The molecule has 0 heterocycles. The Morgan fingerprint density at radius 3 is 2.45 bits per heavy atom. The molecule has 0 fully saturated rings. The molecule has 0 unspecified atom stereocenters. The Bertz CT molecular complexity index is 429. The summed E-state index contributed by atoms with van der Waals surface area (Å²) in [4.78, 5) is 22.5. The molecule has 0 atom stereocenters. The van der Waals surface area contributed by atoms with E-state index < -0.39 is 0 Å². The highest BCUT2D eigenvalue weighted by molar-refractivity contribution is 5.89. The van der Waals surface area contributed by atoms with E-state index in [1.807, 2.05) is 31.2 Å². The molecule has 0 radical (unpaired) electrons. The summed E-state index contributed by atoms with van der Waals surface area (Å²) in [6, 6.07) is 7.42. The van der Waals surface area contributed by atoms with Crippen molar-refractivity contribution in [2.45, 2.75) is 32.6 Å². The molecule has 0 aromatic heterocycles. The van der Waals surface area contributed by atoms with Crippen LogP contribution in [0.2, 0.25) is 0 Å². The minimum absolute atomic E-state index is 0.185. The van der Waals surface area contributed by atoms with E-state index >= 15 is 0 Å². The van der Waals surface area contributed by atoms with Crippen molar-refractivity contribution in [1.82, 2.24) is 5.32 Å². The number of hydrogen-bond donors (Lipinski definition) is 2. The molecule has 2 N–H and O–H groups in total. The number of esters is 1. The van der Waals surface area contributed by atoms with Crippen LogP contribution in [0.3, 0.4) is 0 Å². The van der Waals surface area contributed by atoms with Crippen LogP contribution in [0.4, 0.5) is 10.5 Å². The molecule has 5 heteroatoms. The second-order valence-electron chi connectivity index (χ2n) is 4.63. The standard InChI is InChI=1S/C15H22N2O3/c1-12-7-9-13(10-8-12)17-15(19)16-11-5-3-4-6-14(18)20-2/h7-10H,3-6,11H2,1-2H3,(H2,16,17,19). The number of anilines is 1. The average molecular weight is 278 g/mol. The third kappa shape index (κ3) is 6.78. The van der Waals surface area contributed by atoms with Gasteiger partial charge in [-0.3, -0.25) is 4.79 Å². The minimum atomic E-state index is -0.207. The Hall–Kier alpha value is -2.04. The maximum Gasteiger partial charge on any atom is 0.319 e. The lowest BCUT2D eigenvalue weighted by Gasteiger charge is -2.07. The summed E-state index contributed by atoms with van der Waals surface area (Å²) in [5.74, 6) is -0.185. The van der Waals surface area contributed by atoms with Crippen molar-refractivity contribution in [3.63, 3.8) is 0 Å². The highest BCUT2D eigenvalue weighted by Crippen LogP contribution is 2.08. The number of rotatable bonds is 7. The van der Waals surface area contributed by atoms with Crippen molar-refractivity contribution in [3.05, 3.63) is 29.8 Å². The van der Waals surface area contributed by atoms with Gasteiger partial charge in [0.1, 0.15) is 0 Å². The zero-order valence-corrected chi connectivity index (χ0v) is 12.1. The molecule has 0 spiro atoms. The SMILES string of the molecule is COC(=O)CCCCCNC(=O)Nc1ccc(C)cc1. The molecule has 0 saturated carbocycles. The van der Waals surface area contributed by atoms with E-state index in [4.69, 9.17) is 0 Å². The van der Waals surface area contributed by atoms with E-state index in [1.54, 1.807) is 0 Å². The summed E-state index contributed by atoms with van der Waals surface area (Å²) < 4.78 is 4.55. The van der Waals surface area contributed by atoms with Crippen LogP contribution in [0.15, 0.2) is 24.3 Å². The number of unbranched alkanes of at least 4 members (excludes halogenated alkanes) is 2. The van der Waals surface area contributed by atoms with Crippen LogP contribution in [0.5, 0.6) is 0 Å². The topological polar surface area (TPSA) is 67.4 Å². The van der Waals surface area contributed by atoms with Gasteiger partial charge in [-0.05, 0) is 31.9 Å². The Morgan fingerprint density at radius 2 is 1.80 bits per heavy atom. The molecule has 20 heavy (non-hydrogen) atoms. The summed E-state index contributed by atoms with van der Waals surface area (Å²) in [6.07, 6.45) is 2.96. The lowest BCUT2D eigenvalue weighted by atomic mass is 10.2. The molecule has 0 saturated heterocycles. The van der Waals surface area contributed by atoms with Gasteiger partial charge in [0.15, 0.2) is 0 Å². The molecule has 5 nitrogen and oxygen atoms in total. The van der Waals surface area contributed by atoms with Crippen molar-refractivity contribution in [2.24, 2.45) is 0 Å². The number of urea groups is 1. The smallest absolute Gasteiger partial charge is 0.319 e. The first-order chi connectivity index (χ1) is 9.61. The predicted octanol–water partition coefficient (Wildman–Crippen LogP) is 2.85. The highest BCUT2D eigenvalue weighted by atomic mass is 16.5. The van der Waals surface area contributed by atoms with E-state index in [2.05, 4.69) is 15.4 Å². The third-order valence-electron chi connectivity index (χ3n) is 2.88. The van der Waals surface area contributed by atoms with Gasteiger partial charge in [0.25, 0.3) is 0 Å². The van der Waals surface area contributed by atoms with Crippen LogP contribution in [-0.4, -0.2) is 25.7 Å². The molecule has 2 amide bonds. The van der Waals surface area contributed by atoms with Gasteiger partial charge in [0.2, 0.25) is 0 Å². The van der Waals surface area contributed by atoms with Crippen LogP contribution >= 0.6 is 0 Å². The number of aryl methyl sites for hydroxylation is 1. The second-order valence-corrected chi connectivity index (χ2v) is 4.63. The summed E-state index contributed by atoms with van der Waals surface area (Å²) in [6.45, 7) is 2.59. The maximum absolute atomic E-state index is 11.6. The number of ether oxygens (including phenoxy) is 1. The van der Waals surface area contributed by atoms with Crippen molar-refractivity contribution < 1.29 is 14.3 Å². The number of benzene rings is 1. The molecule has 1 aromatic rings. The molecular formula is C15H22N2O3. The van der Waals surface area contributed by atoms with E-state index in [0.29, 0.717) is 13.0 Å². The van der Waals surface area contributed by atoms with E-state index in [9.17, 15) is 9.59 Å². The van der Waals surface area contributed by atoms with Crippen LogP contribution in [0.25, 0.3) is 0 Å². The molecule has 0 bridgehead atoms. The van der Waals surface area contributed by atoms with Gasteiger partial charge in [-0.25, -0.2) is 4.79 Å². The minimum Gasteiger partial charge on any atom is -0.469 e. The number of methoxy groups -OCH3 is 1. The lowest BCUT2D eigenvalue weighted by molar-refractivity contribution is -0.140. The van der Waals surface area contributed by atoms with Gasteiger partial charge >= 0.3 is 12.0 Å². The number of carbonyl (C=O) groups is 2. The molecule has 0 aliphatic rings. The highest BCUT2D eigenvalue weighted by Gasteiger charge is 2.02. The second kappa shape index (κ2) is 8.96. The van der Waals surface area contributed by atoms with Crippen LogP contribution < -0.4 is 10.6 Å². The Labute approximate surface area is 119 Å². The predicted molar refractivity (Wildman–Crippen MR) is 78.7 cm³/mol. The first-order valence-electron chi connectivity index (χ1n) is 6.80. The van der Waals surface area contributed by atoms with Crippen molar-refractivity contribution in [1.29, 1.82) is 0 Å². The van der Waals surface area contributed by atoms with Crippen molar-refractivity contribution in [2.75, 3.05) is 19.0 Å². The zero-order valence-electron chi connectivity index (χ0n) is 12.1. The van der Waals surface area contributed by atoms with Crippen LogP contribution in [0, 0.1) is 6.92 Å². The van der Waals surface area contributed by atoms with Gasteiger partial charge in [0.05, 0.1) is 7.11 Å². The van der Waals surface area contributed by atoms with Gasteiger partial charge in [-0.1, -0.05) is 24.1 Å². The first kappa shape index (κ1) is 16.0. The number of nitrogens with one attached hydrogen (secondary N) is 2. The fourth-order valence-electron chi connectivity index (χ4n) is 1.69. The normalized spacial score (nSPS) is 9.90. The largest absolute Gasteiger partial charge is 0.469 e. The summed E-state index contributed by atoms with van der Waals surface area (Å²) >= 11 is 0. The summed E-state index contributed by atoms with van der Waals surface area (Å²) in [5, 5.41) is 5.54. The van der Waals surface area contributed by atoms with Gasteiger partial charge in [-0.2, -0.15) is 0 Å². The molecule has 1 aromatic carbocycles. The monoisotopic (exact) mass is 278 g/mol. The van der Waals surface area contributed by atoms with Gasteiger partial charge in [-0.15, -0.1) is 0 Å². The van der Waals surface area contributed by atoms with Gasteiger partial charge < -0.3 is 15.4 Å². The van der Waals surface area contributed by atoms with Crippen molar-refractivity contribution in [3.8, 4) is 0 Å². The zero-order chi connectivity index (χ0) is 14.8.